The number of nitrogens with one attached hydrogen (secondary N) is 1. The lowest BCUT2D eigenvalue weighted by Gasteiger charge is -2.43. The molecule has 1 N–H and O–H groups in total. The first-order valence-electron chi connectivity index (χ1n) is 7.73. The van der Waals surface area contributed by atoms with Crippen LogP contribution in [0, 0.1) is 5.92 Å². The molecule has 2 fully saturated rings. The molecule has 0 bridgehead atoms. The Bertz CT molecular complexity index is 259. The standard InChI is InChI=1S/C15H30N2O/c1-5-11(2)15-8-16-12(3)9-17(15)10-14-7-6-13(4)18-14/h11-16H,5-10H2,1-4H3. The summed E-state index contributed by atoms with van der Waals surface area (Å²) in [5.74, 6) is 0.767. The van der Waals surface area contributed by atoms with Crippen LogP contribution in [-0.4, -0.2) is 48.8 Å². The van der Waals surface area contributed by atoms with Crippen LogP contribution in [0.2, 0.25) is 0 Å². The van der Waals surface area contributed by atoms with Crippen molar-refractivity contribution >= 4 is 0 Å². The molecule has 2 saturated heterocycles. The van der Waals surface area contributed by atoms with Gasteiger partial charge in [-0.1, -0.05) is 20.3 Å². The summed E-state index contributed by atoms with van der Waals surface area (Å²) in [7, 11) is 0. The largest absolute Gasteiger partial charge is 0.374 e. The molecule has 0 aromatic rings. The minimum Gasteiger partial charge on any atom is -0.374 e. The van der Waals surface area contributed by atoms with Crippen LogP contribution < -0.4 is 5.32 Å². The zero-order valence-electron chi connectivity index (χ0n) is 12.5. The van der Waals surface area contributed by atoms with Crippen molar-refractivity contribution in [1.82, 2.24) is 10.2 Å². The lowest BCUT2D eigenvalue weighted by atomic mass is 9.94. The van der Waals surface area contributed by atoms with E-state index < -0.39 is 0 Å². The molecule has 0 aliphatic carbocycles. The number of hydrogen-bond acceptors (Lipinski definition) is 3. The van der Waals surface area contributed by atoms with E-state index in [1.165, 1.54) is 25.8 Å². The predicted molar refractivity (Wildman–Crippen MR) is 75.8 cm³/mol. The third kappa shape index (κ3) is 3.46. The fourth-order valence-electron chi connectivity index (χ4n) is 3.33. The van der Waals surface area contributed by atoms with Crippen molar-refractivity contribution in [1.29, 1.82) is 0 Å². The van der Waals surface area contributed by atoms with Crippen molar-refractivity contribution in [3.63, 3.8) is 0 Å². The minimum absolute atomic E-state index is 0.469. The van der Waals surface area contributed by atoms with Crippen LogP contribution in [0.15, 0.2) is 0 Å². The van der Waals surface area contributed by atoms with Crippen LogP contribution in [0.5, 0.6) is 0 Å². The Morgan fingerprint density at radius 1 is 1.33 bits per heavy atom. The average molecular weight is 254 g/mol. The van der Waals surface area contributed by atoms with Crippen molar-refractivity contribution in [2.24, 2.45) is 5.92 Å². The average Bonchev–Trinajstić information content (AvgIpc) is 2.74. The van der Waals surface area contributed by atoms with Gasteiger partial charge >= 0.3 is 0 Å². The van der Waals surface area contributed by atoms with Gasteiger partial charge in [-0.15, -0.1) is 0 Å². The van der Waals surface area contributed by atoms with Gasteiger partial charge in [0.15, 0.2) is 0 Å². The van der Waals surface area contributed by atoms with Crippen LogP contribution in [-0.2, 0) is 4.74 Å². The van der Waals surface area contributed by atoms with Crippen LogP contribution in [0.4, 0.5) is 0 Å². The molecule has 0 aromatic heterocycles. The number of nitrogens with zero attached hydrogens (tertiary/aromatic N) is 1. The molecule has 0 spiro atoms. The molecule has 0 saturated carbocycles. The second-order valence-electron chi connectivity index (χ2n) is 6.36. The fourth-order valence-corrected chi connectivity index (χ4v) is 3.33. The zero-order valence-corrected chi connectivity index (χ0v) is 12.5. The first-order valence-corrected chi connectivity index (χ1v) is 7.73. The first-order chi connectivity index (χ1) is 8.60. The van der Waals surface area contributed by atoms with Gasteiger partial charge in [-0.05, 0) is 32.6 Å². The lowest BCUT2D eigenvalue weighted by Crippen LogP contribution is -2.59. The second-order valence-corrected chi connectivity index (χ2v) is 6.36. The van der Waals surface area contributed by atoms with E-state index in [2.05, 4.69) is 37.9 Å². The molecule has 106 valence electrons. The van der Waals surface area contributed by atoms with Gasteiger partial charge in [-0.3, -0.25) is 4.90 Å². The quantitative estimate of drug-likeness (QED) is 0.833. The Balaban J connectivity index is 1.92. The molecule has 2 aliphatic rings. The first kappa shape index (κ1) is 14.3. The number of rotatable bonds is 4. The Hall–Kier alpha value is -0.120. The van der Waals surface area contributed by atoms with Crippen molar-refractivity contribution in [3.8, 4) is 0 Å². The van der Waals surface area contributed by atoms with E-state index in [0.717, 1.165) is 19.0 Å². The van der Waals surface area contributed by atoms with Crippen molar-refractivity contribution < 1.29 is 4.74 Å². The number of ether oxygens (including phenoxy) is 1. The van der Waals surface area contributed by atoms with Gasteiger partial charge in [0.05, 0.1) is 12.2 Å². The number of hydrogen-bond donors (Lipinski definition) is 1. The van der Waals surface area contributed by atoms with Crippen LogP contribution in [0.25, 0.3) is 0 Å². The summed E-state index contributed by atoms with van der Waals surface area (Å²) in [4.78, 5) is 2.68. The molecule has 5 unspecified atom stereocenters. The van der Waals surface area contributed by atoms with Gasteiger partial charge < -0.3 is 10.1 Å². The predicted octanol–water partition coefficient (Wildman–Crippen LogP) is 2.26. The highest BCUT2D eigenvalue weighted by Gasteiger charge is 2.32. The van der Waals surface area contributed by atoms with Crippen LogP contribution in [0.1, 0.15) is 47.0 Å². The highest BCUT2D eigenvalue weighted by molar-refractivity contribution is 4.89. The minimum atomic E-state index is 0.469. The Morgan fingerprint density at radius 2 is 2.11 bits per heavy atom. The summed E-state index contributed by atoms with van der Waals surface area (Å²) in [6.07, 6.45) is 4.68. The summed E-state index contributed by atoms with van der Waals surface area (Å²) < 4.78 is 6.00. The molecular weight excluding hydrogens is 224 g/mol. The monoisotopic (exact) mass is 254 g/mol. The van der Waals surface area contributed by atoms with Crippen molar-refractivity contribution in [2.75, 3.05) is 19.6 Å². The Labute approximate surface area is 112 Å². The normalized spacial score (nSPS) is 40.0. The Morgan fingerprint density at radius 3 is 2.72 bits per heavy atom. The fraction of sp³-hybridized carbons (Fsp3) is 1.00. The molecule has 3 nitrogen and oxygen atoms in total. The van der Waals surface area contributed by atoms with E-state index in [1.807, 2.05) is 0 Å². The molecule has 2 rings (SSSR count). The SMILES string of the molecule is CCC(C)C1CNC(C)CN1CC1CCC(C)O1. The third-order valence-corrected chi connectivity index (χ3v) is 4.71. The van der Waals surface area contributed by atoms with Crippen molar-refractivity contribution in [3.05, 3.63) is 0 Å². The van der Waals surface area contributed by atoms with E-state index in [9.17, 15) is 0 Å². The van der Waals surface area contributed by atoms with Crippen LogP contribution in [0.3, 0.4) is 0 Å². The molecule has 2 heterocycles. The topological polar surface area (TPSA) is 24.5 Å². The maximum Gasteiger partial charge on any atom is 0.0706 e. The van der Waals surface area contributed by atoms with Gasteiger partial charge in [0.2, 0.25) is 0 Å². The van der Waals surface area contributed by atoms with Gasteiger partial charge in [-0.2, -0.15) is 0 Å². The number of piperazine rings is 1. The lowest BCUT2D eigenvalue weighted by molar-refractivity contribution is 0.00223. The molecule has 5 atom stereocenters. The summed E-state index contributed by atoms with van der Waals surface area (Å²) in [5, 5.41) is 3.63. The van der Waals surface area contributed by atoms with E-state index in [-0.39, 0.29) is 0 Å². The zero-order chi connectivity index (χ0) is 13.1. The van der Waals surface area contributed by atoms with Gasteiger partial charge in [0, 0.05) is 31.7 Å². The highest BCUT2D eigenvalue weighted by atomic mass is 16.5. The summed E-state index contributed by atoms with van der Waals surface area (Å²) in [6.45, 7) is 12.6. The summed E-state index contributed by atoms with van der Waals surface area (Å²) in [6, 6.07) is 1.30. The van der Waals surface area contributed by atoms with Crippen molar-refractivity contribution in [2.45, 2.75) is 71.2 Å². The second kappa shape index (κ2) is 6.36. The highest BCUT2D eigenvalue weighted by Crippen LogP contribution is 2.24. The maximum atomic E-state index is 6.00. The molecule has 2 aliphatic heterocycles. The summed E-state index contributed by atoms with van der Waals surface area (Å²) in [5.41, 5.74) is 0. The van der Waals surface area contributed by atoms with E-state index >= 15 is 0 Å². The molecule has 0 aromatic carbocycles. The molecule has 18 heavy (non-hydrogen) atoms. The summed E-state index contributed by atoms with van der Waals surface area (Å²) >= 11 is 0. The smallest absolute Gasteiger partial charge is 0.0706 e. The molecular formula is C15H30N2O. The van der Waals surface area contributed by atoms with E-state index in [1.54, 1.807) is 0 Å². The van der Waals surface area contributed by atoms with Gasteiger partial charge in [0.1, 0.15) is 0 Å². The van der Waals surface area contributed by atoms with Gasteiger partial charge in [-0.25, -0.2) is 0 Å². The molecule has 3 heteroatoms. The molecule has 0 radical (unpaired) electrons. The van der Waals surface area contributed by atoms with E-state index in [4.69, 9.17) is 4.74 Å². The van der Waals surface area contributed by atoms with E-state index in [0.29, 0.717) is 24.3 Å². The van der Waals surface area contributed by atoms with Gasteiger partial charge in [0.25, 0.3) is 0 Å². The molecule has 0 amide bonds. The Kier molecular flexibility index (Phi) is 5.05. The third-order valence-electron chi connectivity index (χ3n) is 4.71. The maximum absolute atomic E-state index is 6.00. The van der Waals surface area contributed by atoms with Crippen LogP contribution >= 0.6 is 0 Å².